The minimum absolute atomic E-state index is 0.0509. The smallest absolute Gasteiger partial charge is 0.288 e. The van der Waals surface area contributed by atoms with Gasteiger partial charge in [-0.2, -0.15) is 13.9 Å². The minimum Gasteiger partial charge on any atom is -0.480 e. The number of methoxy groups -OCH3 is 1. The number of nitrogens with zero attached hydrogens (tertiary/aromatic N) is 8. The van der Waals surface area contributed by atoms with Gasteiger partial charge in [-0.05, 0) is 63.3 Å². The van der Waals surface area contributed by atoms with Crippen molar-refractivity contribution < 1.29 is 18.3 Å². The first-order valence-corrected chi connectivity index (χ1v) is 14.5. The molecule has 0 radical (unpaired) electrons. The number of carbonyl (C=O) groups is 1. The third-order valence-electron chi connectivity index (χ3n) is 8.58. The highest BCUT2D eigenvalue weighted by Crippen LogP contribution is 2.53. The maximum Gasteiger partial charge on any atom is 0.288 e. The molecule has 1 aliphatic heterocycles. The van der Waals surface area contributed by atoms with Crippen molar-refractivity contribution in [1.82, 2.24) is 29.7 Å². The van der Waals surface area contributed by atoms with Crippen LogP contribution in [0.3, 0.4) is 0 Å². The maximum atomic E-state index is 13.9. The number of halogens is 2. The fraction of sp³-hybridized carbons (Fsp3) is 0.419. The van der Waals surface area contributed by atoms with E-state index >= 15 is 0 Å². The Morgan fingerprint density at radius 1 is 1.12 bits per heavy atom. The fourth-order valence-corrected chi connectivity index (χ4v) is 5.99. The number of fused-ring (bicyclic) bond motifs is 1. The highest BCUT2D eigenvalue weighted by molar-refractivity contribution is 6.09. The summed E-state index contributed by atoms with van der Waals surface area (Å²) in [5.74, 6) is -1.07. The summed E-state index contributed by atoms with van der Waals surface area (Å²) in [5.41, 5.74) is 3.53. The van der Waals surface area contributed by atoms with Gasteiger partial charge in [0.2, 0.25) is 5.88 Å². The molecule has 43 heavy (non-hydrogen) atoms. The summed E-state index contributed by atoms with van der Waals surface area (Å²) in [6, 6.07) is 9.00. The van der Waals surface area contributed by atoms with E-state index in [1.807, 2.05) is 31.2 Å². The van der Waals surface area contributed by atoms with Crippen molar-refractivity contribution in [3.63, 3.8) is 0 Å². The van der Waals surface area contributed by atoms with Crippen LogP contribution in [0.5, 0.6) is 5.88 Å². The van der Waals surface area contributed by atoms with Crippen molar-refractivity contribution in [2.24, 2.45) is 0 Å². The summed E-state index contributed by atoms with van der Waals surface area (Å²) in [6.07, 6.45) is 6.77. The van der Waals surface area contributed by atoms with Crippen molar-refractivity contribution in [1.29, 1.82) is 0 Å². The molecule has 12 heteroatoms. The summed E-state index contributed by atoms with van der Waals surface area (Å²) in [5, 5.41) is 4.13. The van der Waals surface area contributed by atoms with Gasteiger partial charge >= 0.3 is 0 Å². The normalized spacial score (nSPS) is 17.4. The van der Waals surface area contributed by atoms with E-state index in [-0.39, 0.29) is 11.6 Å². The lowest BCUT2D eigenvalue weighted by Gasteiger charge is -2.42. The van der Waals surface area contributed by atoms with Crippen LogP contribution in [0.1, 0.15) is 68.1 Å². The summed E-state index contributed by atoms with van der Waals surface area (Å²) < 4.78 is 34.9. The van der Waals surface area contributed by atoms with E-state index in [2.05, 4.69) is 20.0 Å². The van der Waals surface area contributed by atoms with Crippen LogP contribution in [0.25, 0.3) is 17.1 Å². The SMILES string of the molecule is CCN1C(=O)C2(CC2)N(Cc2ccc(-n3nc(C(C)(F)F)cc3C)cc2)c2nc(-c3c(OC)ncnc3C3CC3)ncc21. The highest BCUT2D eigenvalue weighted by atomic mass is 19.3. The Hall–Kier alpha value is -4.48. The van der Waals surface area contributed by atoms with E-state index in [1.54, 1.807) is 25.1 Å². The van der Waals surface area contributed by atoms with E-state index in [9.17, 15) is 13.6 Å². The van der Waals surface area contributed by atoms with Gasteiger partial charge in [-0.3, -0.25) is 4.79 Å². The molecule has 3 aromatic heterocycles. The number of amides is 1. The Labute approximate surface area is 247 Å². The van der Waals surface area contributed by atoms with Gasteiger partial charge in [-0.25, -0.2) is 24.6 Å². The highest BCUT2D eigenvalue weighted by Gasteiger charge is 2.60. The molecule has 222 valence electrons. The summed E-state index contributed by atoms with van der Waals surface area (Å²) >= 11 is 0. The van der Waals surface area contributed by atoms with Gasteiger partial charge in [0.05, 0.1) is 24.7 Å². The number of ether oxygens (including phenoxy) is 1. The lowest BCUT2D eigenvalue weighted by molar-refractivity contribution is -0.121. The Morgan fingerprint density at radius 2 is 1.86 bits per heavy atom. The first kappa shape index (κ1) is 27.4. The molecule has 10 nitrogen and oxygen atoms in total. The van der Waals surface area contributed by atoms with Crippen molar-refractivity contribution in [3.05, 3.63) is 65.5 Å². The van der Waals surface area contributed by atoms with Gasteiger partial charge < -0.3 is 14.5 Å². The van der Waals surface area contributed by atoms with Gasteiger partial charge in [0.1, 0.15) is 28.8 Å². The molecule has 7 rings (SSSR count). The zero-order valence-electron chi connectivity index (χ0n) is 24.5. The van der Waals surface area contributed by atoms with Crippen LogP contribution in [0.15, 0.2) is 42.9 Å². The number of rotatable bonds is 8. The number of hydrogen-bond donors (Lipinski definition) is 0. The zero-order valence-corrected chi connectivity index (χ0v) is 24.5. The third-order valence-corrected chi connectivity index (χ3v) is 8.58. The van der Waals surface area contributed by atoms with Crippen LogP contribution in [-0.4, -0.2) is 54.8 Å². The first-order chi connectivity index (χ1) is 20.6. The van der Waals surface area contributed by atoms with Gasteiger partial charge in [-0.1, -0.05) is 12.1 Å². The molecule has 1 aromatic carbocycles. The molecule has 0 N–H and O–H groups in total. The molecule has 0 unspecified atom stereocenters. The summed E-state index contributed by atoms with van der Waals surface area (Å²) in [4.78, 5) is 36.3. The fourth-order valence-electron chi connectivity index (χ4n) is 5.99. The molecule has 1 amide bonds. The monoisotopic (exact) mass is 586 g/mol. The Kier molecular flexibility index (Phi) is 6.22. The van der Waals surface area contributed by atoms with Gasteiger partial charge in [0.15, 0.2) is 11.6 Å². The molecular weight excluding hydrogens is 554 g/mol. The van der Waals surface area contributed by atoms with Crippen molar-refractivity contribution >= 4 is 17.4 Å². The number of likely N-dealkylation sites (N-methyl/N-ethyl adjacent to an activating group) is 1. The second kappa shape index (κ2) is 9.78. The minimum atomic E-state index is -3.02. The number of carbonyl (C=O) groups excluding carboxylic acids is 1. The van der Waals surface area contributed by atoms with Gasteiger partial charge in [-0.15, -0.1) is 0 Å². The average molecular weight is 587 g/mol. The Morgan fingerprint density at radius 3 is 2.47 bits per heavy atom. The van der Waals surface area contributed by atoms with Crippen LogP contribution in [-0.2, 0) is 17.3 Å². The van der Waals surface area contributed by atoms with Crippen LogP contribution in [0, 0.1) is 6.92 Å². The number of benzene rings is 1. The zero-order chi connectivity index (χ0) is 30.1. The van der Waals surface area contributed by atoms with E-state index < -0.39 is 11.5 Å². The summed E-state index contributed by atoms with van der Waals surface area (Å²) in [6.45, 7) is 5.49. The molecule has 3 aliphatic rings. The van der Waals surface area contributed by atoms with Crippen LogP contribution in [0.2, 0.25) is 0 Å². The average Bonchev–Trinajstić information content (AvgIpc) is 3.93. The quantitative estimate of drug-likeness (QED) is 0.273. The lowest BCUT2D eigenvalue weighted by atomic mass is 10.0. The van der Waals surface area contributed by atoms with E-state index in [0.717, 1.165) is 43.9 Å². The predicted molar refractivity (Wildman–Crippen MR) is 156 cm³/mol. The van der Waals surface area contributed by atoms with Crippen molar-refractivity contribution in [2.75, 3.05) is 23.5 Å². The largest absolute Gasteiger partial charge is 0.480 e. The molecular formula is C31H32F2N8O2. The molecule has 1 spiro atoms. The molecule has 0 atom stereocenters. The molecule has 0 bridgehead atoms. The first-order valence-electron chi connectivity index (χ1n) is 14.5. The molecule has 2 saturated carbocycles. The predicted octanol–water partition coefficient (Wildman–Crippen LogP) is 5.33. The standard InChI is InChI=1S/C31H32F2N8O2/c1-5-39-22-15-34-26(24-25(20-8-9-20)35-17-36-28(24)43-4)37-27(22)40(31(12-13-31)29(39)42)16-19-6-10-21(11-7-19)41-18(2)14-23(38-41)30(3,32)33/h6-7,10-11,14-15,17,20H,5,8-9,12-13,16H2,1-4H3. The van der Waals surface area contributed by atoms with Crippen molar-refractivity contribution in [3.8, 4) is 23.0 Å². The maximum absolute atomic E-state index is 13.9. The molecule has 4 aromatic rings. The molecule has 4 heterocycles. The lowest BCUT2D eigenvalue weighted by Crippen LogP contribution is -2.55. The topological polar surface area (TPSA) is 102 Å². The number of aromatic nitrogens is 6. The van der Waals surface area contributed by atoms with Crippen LogP contribution >= 0.6 is 0 Å². The number of anilines is 2. The van der Waals surface area contributed by atoms with E-state index in [4.69, 9.17) is 14.7 Å². The van der Waals surface area contributed by atoms with Crippen LogP contribution < -0.4 is 14.5 Å². The van der Waals surface area contributed by atoms with Crippen LogP contribution in [0.4, 0.5) is 20.3 Å². The Balaban J connectivity index is 1.28. The van der Waals surface area contributed by atoms with Gasteiger partial charge in [0.25, 0.3) is 11.8 Å². The van der Waals surface area contributed by atoms with Crippen molar-refractivity contribution in [2.45, 2.75) is 70.4 Å². The molecule has 0 saturated heterocycles. The second-order valence-corrected chi connectivity index (χ2v) is 11.6. The number of aryl methyl sites for hydroxylation is 1. The third kappa shape index (κ3) is 4.50. The second-order valence-electron chi connectivity index (χ2n) is 11.6. The summed E-state index contributed by atoms with van der Waals surface area (Å²) in [7, 11) is 1.58. The van der Waals surface area contributed by atoms with E-state index in [1.165, 1.54) is 17.1 Å². The molecule has 2 aliphatic carbocycles. The van der Waals surface area contributed by atoms with Gasteiger partial charge in [0, 0.05) is 31.6 Å². The number of alkyl halides is 2. The Bertz CT molecular complexity index is 1720. The van der Waals surface area contributed by atoms with E-state index in [0.29, 0.717) is 59.2 Å². The number of hydrogen-bond acceptors (Lipinski definition) is 8. The molecule has 2 fully saturated rings.